The van der Waals surface area contributed by atoms with Gasteiger partial charge in [-0.1, -0.05) is 36.4 Å². The standard InChI is InChI=1S/C16H12O4/c1-16(14(17)19-11-7-3-2-4-8-11)12-9-5-6-10-13(12)20-15(16)18/h2-10H,1H3. The van der Waals surface area contributed by atoms with E-state index in [4.69, 9.17) is 9.47 Å². The molecular weight excluding hydrogens is 256 g/mol. The van der Waals surface area contributed by atoms with Gasteiger partial charge in [-0.2, -0.15) is 0 Å². The minimum Gasteiger partial charge on any atom is -0.425 e. The summed E-state index contributed by atoms with van der Waals surface area (Å²) in [7, 11) is 0. The molecule has 0 N–H and O–H groups in total. The Hall–Kier alpha value is -2.62. The molecule has 2 aromatic carbocycles. The maximum absolute atomic E-state index is 12.4. The topological polar surface area (TPSA) is 52.6 Å². The molecule has 0 amide bonds. The van der Waals surface area contributed by atoms with Gasteiger partial charge in [-0.15, -0.1) is 0 Å². The highest BCUT2D eigenvalue weighted by atomic mass is 16.6. The number of para-hydroxylation sites is 2. The minimum absolute atomic E-state index is 0.399. The molecule has 1 aliphatic heterocycles. The number of rotatable bonds is 2. The van der Waals surface area contributed by atoms with Crippen molar-refractivity contribution in [1.82, 2.24) is 0 Å². The molecule has 20 heavy (non-hydrogen) atoms. The Morgan fingerprint density at radius 3 is 2.45 bits per heavy atom. The Morgan fingerprint density at radius 1 is 1.05 bits per heavy atom. The quantitative estimate of drug-likeness (QED) is 0.477. The summed E-state index contributed by atoms with van der Waals surface area (Å²) < 4.78 is 10.4. The van der Waals surface area contributed by atoms with Crippen LogP contribution in [0.4, 0.5) is 0 Å². The first kappa shape index (κ1) is 12.4. The Morgan fingerprint density at radius 2 is 1.70 bits per heavy atom. The van der Waals surface area contributed by atoms with Crippen molar-refractivity contribution in [2.24, 2.45) is 0 Å². The fourth-order valence-corrected chi connectivity index (χ4v) is 2.17. The zero-order valence-corrected chi connectivity index (χ0v) is 10.8. The largest absolute Gasteiger partial charge is 0.425 e. The van der Waals surface area contributed by atoms with Crippen LogP contribution in [0.5, 0.6) is 11.5 Å². The molecule has 1 atom stereocenters. The van der Waals surface area contributed by atoms with Gasteiger partial charge in [0.05, 0.1) is 0 Å². The van der Waals surface area contributed by atoms with Crippen LogP contribution >= 0.6 is 0 Å². The summed E-state index contributed by atoms with van der Waals surface area (Å²) in [5.41, 5.74) is -0.891. The first-order chi connectivity index (χ1) is 9.62. The second kappa shape index (κ2) is 4.49. The maximum Gasteiger partial charge on any atom is 0.333 e. The van der Waals surface area contributed by atoms with Crippen LogP contribution in [0.15, 0.2) is 54.6 Å². The van der Waals surface area contributed by atoms with Gasteiger partial charge in [0.2, 0.25) is 0 Å². The van der Waals surface area contributed by atoms with Crippen LogP contribution in [-0.2, 0) is 15.0 Å². The first-order valence-corrected chi connectivity index (χ1v) is 6.21. The Bertz CT molecular complexity index is 678. The molecule has 2 aromatic rings. The first-order valence-electron chi connectivity index (χ1n) is 6.21. The molecule has 0 aromatic heterocycles. The van der Waals surface area contributed by atoms with Gasteiger partial charge >= 0.3 is 11.9 Å². The molecular formula is C16H12O4. The molecule has 1 unspecified atom stereocenters. The SMILES string of the molecule is CC1(C(=O)Oc2ccccc2)C(=O)Oc2ccccc21. The second-order valence-electron chi connectivity index (χ2n) is 4.71. The fourth-order valence-electron chi connectivity index (χ4n) is 2.17. The van der Waals surface area contributed by atoms with Crippen molar-refractivity contribution >= 4 is 11.9 Å². The number of hydrogen-bond donors (Lipinski definition) is 0. The molecule has 0 fully saturated rings. The van der Waals surface area contributed by atoms with Gasteiger partial charge in [-0.3, -0.25) is 9.59 Å². The van der Waals surface area contributed by atoms with Crippen LogP contribution in [0.2, 0.25) is 0 Å². The van der Waals surface area contributed by atoms with Gasteiger partial charge in [-0.05, 0) is 25.1 Å². The molecule has 4 heteroatoms. The average molecular weight is 268 g/mol. The summed E-state index contributed by atoms with van der Waals surface area (Å²) in [5.74, 6) is -0.445. The van der Waals surface area contributed by atoms with E-state index in [1.54, 1.807) is 48.5 Å². The van der Waals surface area contributed by atoms with Crippen molar-refractivity contribution < 1.29 is 19.1 Å². The maximum atomic E-state index is 12.4. The van der Waals surface area contributed by atoms with Crippen molar-refractivity contribution in [2.45, 2.75) is 12.3 Å². The molecule has 0 saturated carbocycles. The summed E-state index contributed by atoms with van der Waals surface area (Å²) in [6, 6.07) is 15.5. The third kappa shape index (κ3) is 1.77. The predicted molar refractivity (Wildman–Crippen MR) is 71.5 cm³/mol. The zero-order valence-electron chi connectivity index (χ0n) is 10.8. The number of fused-ring (bicyclic) bond motifs is 1. The molecule has 1 aliphatic rings. The van der Waals surface area contributed by atoms with E-state index in [1.807, 2.05) is 6.07 Å². The number of carbonyl (C=O) groups is 2. The zero-order chi connectivity index (χ0) is 14.2. The van der Waals surface area contributed by atoms with Gasteiger partial charge in [0.15, 0.2) is 5.41 Å². The smallest absolute Gasteiger partial charge is 0.333 e. The highest BCUT2D eigenvalue weighted by Gasteiger charge is 2.52. The molecule has 1 heterocycles. The van der Waals surface area contributed by atoms with Gasteiger partial charge in [0, 0.05) is 5.56 Å². The summed E-state index contributed by atoms with van der Waals surface area (Å²) in [6.07, 6.45) is 0. The van der Waals surface area contributed by atoms with E-state index in [0.717, 1.165) is 0 Å². The van der Waals surface area contributed by atoms with Crippen molar-refractivity contribution in [1.29, 1.82) is 0 Å². The third-order valence-corrected chi connectivity index (χ3v) is 3.40. The summed E-state index contributed by atoms with van der Waals surface area (Å²) in [4.78, 5) is 24.4. The van der Waals surface area contributed by atoms with E-state index in [2.05, 4.69) is 0 Å². The molecule has 0 spiro atoms. The monoisotopic (exact) mass is 268 g/mol. The van der Waals surface area contributed by atoms with E-state index in [1.165, 1.54) is 6.92 Å². The van der Waals surface area contributed by atoms with E-state index >= 15 is 0 Å². The lowest BCUT2D eigenvalue weighted by Gasteiger charge is -2.18. The predicted octanol–water partition coefficient (Wildman–Crippen LogP) is 2.47. The molecule has 0 saturated heterocycles. The van der Waals surface area contributed by atoms with Crippen molar-refractivity contribution in [3.63, 3.8) is 0 Å². The normalized spacial score (nSPS) is 20.1. The summed E-state index contributed by atoms with van der Waals surface area (Å²) in [5, 5.41) is 0. The Balaban J connectivity index is 1.96. The van der Waals surface area contributed by atoms with Gasteiger partial charge in [0.1, 0.15) is 11.5 Å². The lowest BCUT2D eigenvalue weighted by molar-refractivity contribution is -0.151. The number of carbonyl (C=O) groups excluding carboxylic acids is 2. The van der Waals surface area contributed by atoms with Gasteiger partial charge in [0.25, 0.3) is 0 Å². The summed E-state index contributed by atoms with van der Waals surface area (Å²) in [6.45, 7) is 1.52. The third-order valence-electron chi connectivity index (χ3n) is 3.40. The van der Waals surface area contributed by atoms with E-state index in [9.17, 15) is 9.59 Å². The van der Waals surface area contributed by atoms with Crippen molar-refractivity contribution in [2.75, 3.05) is 0 Å². The number of esters is 2. The van der Waals surface area contributed by atoms with Crippen molar-refractivity contribution in [3.05, 3.63) is 60.2 Å². The second-order valence-corrected chi connectivity index (χ2v) is 4.71. The van der Waals surface area contributed by atoms with E-state index in [0.29, 0.717) is 17.1 Å². The molecule has 3 rings (SSSR count). The van der Waals surface area contributed by atoms with Gasteiger partial charge < -0.3 is 9.47 Å². The number of hydrogen-bond acceptors (Lipinski definition) is 4. The number of ether oxygens (including phenoxy) is 2. The Labute approximate surface area is 115 Å². The fraction of sp³-hybridized carbons (Fsp3) is 0.125. The molecule has 0 aliphatic carbocycles. The minimum atomic E-state index is -1.42. The lowest BCUT2D eigenvalue weighted by atomic mass is 9.84. The van der Waals surface area contributed by atoms with Crippen LogP contribution in [0.3, 0.4) is 0 Å². The lowest BCUT2D eigenvalue weighted by Crippen LogP contribution is -2.41. The number of benzene rings is 2. The average Bonchev–Trinajstić information content (AvgIpc) is 2.73. The molecule has 0 radical (unpaired) electrons. The van der Waals surface area contributed by atoms with E-state index in [-0.39, 0.29) is 0 Å². The summed E-state index contributed by atoms with van der Waals surface area (Å²) >= 11 is 0. The molecule has 100 valence electrons. The highest BCUT2D eigenvalue weighted by Crippen LogP contribution is 2.40. The van der Waals surface area contributed by atoms with Crippen LogP contribution < -0.4 is 9.47 Å². The molecule has 0 bridgehead atoms. The van der Waals surface area contributed by atoms with Crippen molar-refractivity contribution in [3.8, 4) is 11.5 Å². The Kier molecular flexibility index (Phi) is 2.79. The van der Waals surface area contributed by atoms with Crippen LogP contribution in [0.25, 0.3) is 0 Å². The van der Waals surface area contributed by atoms with Gasteiger partial charge in [-0.25, -0.2) is 0 Å². The highest BCUT2D eigenvalue weighted by molar-refractivity contribution is 6.10. The van der Waals surface area contributed by atoms with E-state index < -0.39 is 17.4 Å². The molecule has 4 nitrogen and oxygen atoms in total. The van der Waals surface area contributed by atoms with Crippen LogP contribution in [0, 0.1) is 0 Å². The van der Waals surface area contributed by atoms with Crippen LogP contribution in [-0.4, -0.2) is 11.9 Å². The van der Waals surface area contributed by atoms with Crippen LogP contribution in [0.1, 0.15) is 12.5 Å².